The number of benzene rings is 2. The van der Waals surface area contributed by atoms with Crippen molar-refractivity contribution in [2.45, 2.75) is 0 Å². The first-order valence-electron chi connectivity index (χ1n) is 6.23. The number of aromatic nitrogens is 4. The van der Waals surface area contributed by atoms with E-state index in [9.17, 15) is 4.79 Å². The molecule has 3 rings (SSSR count). The van der Waals surface area contributed by atoms with E-state index in [0.717, 1.165) is 0 Å². The number of nitrogens with one attached hydrogen (secondary N) is 1. The summed E-state index contributed by atoms with van der Waals surface area (Å²) in [6.45, 7) is 0. The molecule has 22 heavy (non-hydrogen) atoms. The Hall–Kier alpha value is -2.44. The second-order valence-electron chi connectivity index (χ2n) is 4.38. The van der Waals surface area contributed by atoms with Crippen molar-refractivity contribution >= 4 is 34.8 Å². The van der Waals surface area contributed by atoms with E-state index in [1.54, 1.807) is 42.5 Å². The van der Waals surface area contributed by atoms with Crippen LogP contribution in [0.4, 0.5) is 5.69 Å². The lowest BCUT2D eigenvalue weighted by Crippen LogP contribution is -2.12. The molecule has 0 aliphatic heterocycles. The van der Waals surface area contributed by atoms with E-state index < -0.39 is 0 Å². The first-order valence-corrected chi connectivity index (χ1v) is 6.99. The van der Waals surface area contributed by atoms with E-state index in [-0.39, 0.29) is 5.91 Å². The molecule has 0 radical (unpaired) electrons. The molecule has 0 saturated carbocycles. The van der Waals surface area contributed by atoms with Gasteiger partial charge in [0.1, 0.15) is 6.33 Å². The zero-order valence-electron chi connectivity index (χ0n) is 11.1. The topological polar surface area (TPSA) is 72.7 Å². The van der Waals surface area contributed by atoms with E-state index in [0.29, 0.717) is 27.0 Å². The van der Waals surface area contributed by atoms with Crippen molar-refractivity contribution in [2.75, 3.05) is 5.32 Å². The van der Waals surface area contributed by atoms with Crippen molar-refractivity contribution in [1.82, 2.24) is 20.2 Å². The van der Waals surface area contributed by atoms with Crippen molar-refractivity contribution < 1.29 is 4.79 Å². The minimum absolute atomic E-state index is 0.307. The zero-order valence-corrected chi connectivity index (χ0v) is 12.6. The van der Waals surface area contributed by atoms with Gasteiger partial charge in [-0.05, 0) is 46.8 Å². The van der Waals surface area contributed by atoms with Crippen LogP contribution >= 0.6 is 23.2 Å². The second-order valence-corrected chi connectivity index (χ2v) is 5.23. The number of nitrogens with zero attached hydrogens (tertiary/aromatic N) is 4. The highest BCUT2D eigenvalue weighted by Gasteiger charge is 2.10. The minimum Gasteiger partial charge on any atom is -0.321 e. The Balaban J connectivity index is 1.88. The Morgan fingerprint density at radius 1 is 1.14 bits per heavy atom. The summed E-state index contributed by atoms with van der Waals surface area (Å²) >= 11 is 12.0. The summed E-state index contributed by atoms with van der Waals surface area (Å²) in [7, 11) is 0. The largest absolute Gasteiger partial charge is 0.321 e. The molecule has 0 aliphatic rings. The van der Waals surface area contributed by atoms with Gasteiger partial charge in [-0.2, -0.15) is 0 Å². The van der Waals surface area contributed by atoms with Crippen LogP contribution in [0.2, 0.25) is 10.0 Å². The summed E-state index contributed by atoms with van der Waals surface area (Å²) < 4.78 is 1.46. The second kappa shape index (κ2) is 6.13. The molecule has 1 heterocycles. The molecule has 0 saturated heterocycles. The van der Waals surface area contributed by atoms with Crippen LogP contribution in [0.3, 0.4) is 0 Å². The third kappa shape index (κ3) is 3.08. The summed E-state index contributed by atoms with van der Waals surface area (Å²) in [6, 6.07) is 11.7. The molecular formula is C14H9Cl2N5O. The minimum atomic E-state index is -0.307. The predicted molar refractivity (Wildman–Crippen MR) is 83.6 cm³/mol. The fourth-order valence-corrected chi connectivity index (χ4v) is 2.21. The number of carbonyl (C=O) groups is 1. The Labute approximate surface area is 135 Å². The number of amides is 1. The maximum atomic E-state index is 12.2. The number of tetrazole rings is 1. The number of anilines is 1. The van der Waals surface area contributed by atoms with Crippen molar-refractivity contribution in [1.29, 1.82) is 0 Å². The quantitative estimate of drug-likeness (QED) is 0.798. The van der Waals surface area contributed by atoms with Gasteiger partial charge in [-0.25, -0.2) is 4.68 Å². The Morgan fingerprint density at radius 3 is 2.73 bits per heavy atom. The van der Waals surface area contributed by atoms with E-state index in [1.807, 2.05) is 0 Å². The van der Waals surface area contributed by atoms with Crippen molar-refractivity contribution in [3.63, 3.8) is 0 Å². The molecule has 0 unspecified atom stereocenters. The Morgan fingerprint density at radius 2 is 2.00 bits per heavy atom. The summed E-state index contributed by atoms with van der Waals surface area (Å²) in [6.07, 6.45) is 1.45. The molecule has 6 nitrogen and oxygen atoms in total. The van der Waals surface area contributed by atoms with E-state index in [1.165, 1.54) is 11.0 Å². The average Bonchev–Trinajstić information content (AvgIpc) is 3.04. The van der Waals surface area contributed by atoms with Crippen LogP contribution in [-0.2, 0) is 0 Å². The van der Waals surface area contributed by atoms with Crippen LogP contribution in [0.1, 0.15) is 10.4 Å². The smallest absolute Gasteiger partial charge is 0.255 e. The van der Waals surface area contributed by atoms with Gasteiger partial charge in [-0.3, -0.25) is 4.79 Å². The fourth-order valence-electron chi connectivity index (χ4n) is 1.86. The summed E-state index contributed by atoms with van der Waals surface area (Å²) in [5.41, 5.74) is 1.58. The Bertz CT molecular complexity index is 820. The monoisotopic (exact) mass is 333 g/mol. The number of halogens is 2. The van der Waals surface area contributed by atoms with Gasteiger partial charge in [-0.1, -0.05) is 29.3 Å². The normalized spacial score (nSPS) is 10.5. The third-order valence-corrected chi connectivity index (χ3v) is 3.46. The average molecular weight is 334 g/mol. The summed E-state index contributed by atoms with van der Waals surface area (Å²) in [4.78, 5) is 12.2. The van der Waals surface area contributed by atoms with Crippen molar-refractivity contribution in [3.05, 3.63) is 64.4 Å². The summed E-state index contributed by atoms with van der Waals surface area (Å²) in [5, 5.41) is 14.6. The van der Waals surface area contributed by atoms with Gasteiger partial charge < -0.3 is 5.32 Å². The lowest BCUT2D eigenvalue weighted by Gasteiger charge is -2.09. The van der Waals surface area contributed by atoms with Gasteiger partial charge in [0, 0.05) is 10.6 Å². The molecule has 0 fully saturated rings. The molecular weight excluding hydrogens is 325 g/mol. The molecule has 0 atom stereocenters. The van der Waals surface area contributed by atoms with Crippen LogP contribution in [0.25, 0.3) is 5.69 Å². The highest BCUT2D eigenvalue weighted by atomic mass is 35.5. The SMILES string of the molecule is O=C(Nc1cc(-n2cnnn2)ccc1Cl)c1cccc(Cl)c1. The summed E-state index contributed by atoms with van der Waals surface area (Å²) in [5.74, 6) is -0.307. The maximum Gasteiger partial charge on any atom is 0.255 e. The van der Waals surface area contributed by atoms with Crippen LogP contribution in [-0.4, -0.2) is 26.1 Å². The first kappa shape index (κ1) is 14.5. The highest BCUT2D eigenvalue weighted by molar-refractivity contribution is 6.34. The molecule has 0 aliphatic carbocycles. The zero-order chi connectivity index (χ0) is 15.5. The van der Waals surface area contributed by atoms with Crippen LogP contribution in [0.15, 0.2) is 48.8 Å². The fraction of sp³-hybridized carbons (Fsp3) is 0. The maximum absolute atomic E-state index is 12.2. The lowest BCUT2D eigenvalue weighted by atomic mass is 10.2. The molecule has 1 aromatic heterocycles. The lowest BCUT2D eigenvalue weighted by molar-refractivity contribution is 0.102. The Kier molecular flexibility index (Phi) is 4.04. The molecule has 1 amide bonds. The van der Waals surface area contributed by atoms with Gasteiger partial charge in [0.05, 0.1) is 16.4 Å². The number of rotatable bonds is 3. The van der Waals surface area contributed by atoms with Gasteiger partial charge in [0.15, 0.2) is 0 Å². The highest BCUT2D eigenvalue weighted by Crippen LogP contribution is 2.25. The first-order chi connectivity index (χ1) is 10.6. The molecule has 3 aromatic rings. The van der Waals surface area contributed by atoms with Gasteiger partial charge in [0.2, 0.25) is 0 Å². The van der Waals surface area contributed by atoms with Crippen LogP contribution in [0.5, 0.6) is 0 Å². The number of hydrogen-bond acceptors (Lipinski definition) is 4. The van der Waals surface area contributed by atoms with Crippen molar-refractivity contribution in [2.24, 2.45) is 0 Å². The van der Waals surface area contributed by atoms with Crippen LogP contribution < -0.4 is 5.32 Å². The predicted octanol–water partition coefficient (Wildman–Crippen LogP) is 3.22. The molecule has 0 bridgehead atoms. The van der Waals surface area contributed by atoms with E-state index >= 15 is 0 Å². The van der Waals surface area contributed by atoms with E-state index in [2.05, 4.69) is 20.8 Å². The van der Waals surface area contributed by atoms with Gasteiger partial charge in [-0.15, -0.1) is 5.10 Å². The molecule has 110 valence electrons. The number of carbonyl (C=O) groups excluding carboxylic acids is 1. The van der Waals surface area contributed by atoms with Crippen molar-refractivity contribution in [3.8, 4) is 5.69 Å². The molecule has 2 aromatic carbocycles. The standard InChI is InChI=1S/C14H9Cl2N5O/c15-10-3-1-2-9(6-10)14(22)18-13-7-11(4-5-12(13)16)21-8-17-19-20-21/h1-8H,(H,18,22). The molecule has 1 N–H and O–H groups in total. The molecule has 0 spiro atoms. The van der Waals surface area contributed by atoms with E-state index in [4.69, 9.17) is 23.2 Å². The van der Waals surface area contributed by atoms with Gasteiger partial charge >= 0.3 is 0 Å². The van der Waals surface area contributed by atoms with Gasteiger partial charge in [0.25, 0.3) is 5.91 Å². The van der Waals surface area contributed by atoms with Crippen LogP contribution in [0, 0.1) is 0 Å². The third-order valence-electron chi connectivity index (χ3n) is 2.90. The molecule has 8 heteroatoms. The number of hydrogen-bond donors (Lipinski definition) is 1.